The van der Waals surface area contributed by atoms with Crippen LogP contribution in [-0.2, 0) is 7.05 Å². The van der Waals surface area contributed by atoms with Crippen LogP contribution in [0, 0.1) is 6.92 Å². The number of hydrogen-bond donors (Lipinski definition) is 0. The van der Waals surface area contributed by atoms with Gasteiger partial charge in [-0.1, -0.05) is 23.2 Å². The van der Waals surface area contributed by atoms with Gasteiger partial charge in [-0.3, -0.25) is 0 Å². The average molecular weight is 320 g/mol. The van der Waals surface area contributed by atoms with Crippen molar-refractivity contribution in [2.45, 2.75) is 6.92 Å². The van der Waals surface area contributed by atoms with Gasteiger partial charge in [-0.25, -0.2) is 4.98 Å². The van der Waals surface area contributed by atoms with Crippen LogP contribution in [0.25, 0.3) is 11.3 Å². The van der Waals surface area contributed by atoms with Gasteiger partial charge in [0.25, 0.3) is 0 Å². The zero-order valence-corrected chi connectivity index (χ0v) is 11.9. The number of nitrogens with zero attached hydrogens (tertiary/aromatic N) is 2. The van der Waals surface area contributed by atoms with E-state index in [9.17, 15) is 0 Å². The fraction of sp³-hybridized carbons (Fsp3) is 0.182. The van der Waals surface area contributed by atoms with Crippen molar-refractivity contribution in [2.24, 2.45) is 7.05 Å². The topological polar surface area (TPSA) is 17.8 Å². The molecule has 0 aliphatic heterocycles. The molecule has 2 aromatic rings. The fourth-order valence-corrected chi connectivity index (χ4v) is 2.49. The van der Waals surface area contributed by atoms with Crippen LogP contribution in [0.1, 0.15) is 5.82 Å². The number of aromatic nitrogens is 2. The monoisotopic (exact) mass is 318 g/mol. The van der Waals surface area contributed by atoms with Crippen molar-refractivity contribution in [3.8, 4) is 11.3 Å². The van der Waals surface area contributed by atoms with Gasteiger partial charge in [0.15, 0.2) is 0 Å². The van der Waals surface area contributed by atoms with Gasteiger partial charge < -0.3 is 4.57 Å². The van der Waals surface area contributed by atoms with E-state index < -0.39 is 0 Å². The Morgan fingerprint density at radius 2 is 2.00 bits per heavy atom. The lowest BCUT2D eigenvalue weighted by atomic mass is 10.2. The molecule has 0 aliphatic carbocycles. The Morgan fingerprint density at radius 3 is 2.50 bits per heavy atom. The summed E-state index contributed by atoms with van der Waals surface area (Å²) in [5.74, 6) is 0.924. The normalized spacial score (nSPS) is 10.8. The molecule has 0 amide bonds. The van der Waals surface area contributed by atoms with E-state index in [4.69, 9.17) is 23.2 Å². The predicted octanol–water partition coefficient (Wildman–Crippen LogP) is 4.46. The molecule has 0 fully saturated rings. The molecule has 1 heterocycles. The van der Waals surface area contributed by atoms with E-state index in [0.717, 1.165) is 21.7 Å². The van der Waals surface area contributed by atoms with Gasteiger partial charge in [0.2, 0.25) is 0 Å². The molecule has 0 bridgehead atoms. The summed E-state index contributed by atoms with van der Waals surface area (Å²) in [5, 5.41) is 1.23. The summed E-state index contributed by atoms with van der Waals surface area (Å²) in [6.07, 6.45) is 0. The Bertz CT molecular complexity index is 549. The molecule has 16 heavy (non-hydrogen) atoms. The summed E-state index contributed by atoms with van der Waals surface area (Å²) in [7, 11) is 1.94. The molecule has 0 atom stereocenters. The zero-order valence-electron chi connectivity index (χ0n) is 8.76. The Morgan fingerprint density at radius 1 is 1.31 bits per heavy atom. The van der Waals surface area contributed by atoms with E-state index in [-0.39, 0.29) is 0 Å². The minimum absolute atomic E-state index is 0.603. The second-order valence-corrected chi connectivity index (χ2v) is 5.08. The van der Waals surface area contributed by atoms with E-state index >= 15 is 0 Å². The summed E-state index contributed by atoms with van der Waals surface area (Å²) in [4.78, 5) is 4.46. The Hall–Kier alpha value is -0.510. The highest BCUT2D eigenvalue weighted by Crippen LogP contribution is 2.34. The maximum absolute atomic E-state index is 6.14. The minimum Gasteiger partial charge on any atom is -0.326 e. The molecule has 1 aromatic carbocycles. The van der Waals surface area contributed by atoms with Crippen molar-refractivity contribution in [2.75, 3.05) is 0 Å². The molecular weight excluding hydrogens is 311 g/mol. The fourth-order valence-electron chi connectivity index (χ4n) is 1.44. The maximum atomic E-state index is 6.14. The number of halogens is 3. The highest BCUT2D eigenvalue weighted by atomic mass is 79.9. The van der Waals surface area contributed by atoms with Gasteiger partial charge in [0, 0.05) is 17.6 Å². The third-order valence-electron chi connectivity index (χ3n) is 2.44. The average Bonchev–Trinajstić information content (AvgIpc) is 2.46. The molecule has 5 heteroatoms. The van der Waals surface area contributed by atoms with Gasteiger partial charge in [0.1, 0.15) is 16.1 Å². The molecular formula is C11H9BrCl2N2. The van der Waals surface area contributed by atoms with Crippen LogP contribution >= 0.6 is 39.1 Å². The summed E-state index contributed by atoms with van der Waals surface area (Å²) in [5.41, 5.74) is 1.71. The van der Waals surface area contributed by atoms with Crippen LogP contribution in [0.4, 0.5) is 0 Å². The quantitative estimate of drug-likeness (QED) is 0.758. The van der Waals surface area contributed by atoms with Gasteiger partial charge in [-0.15, -0.1) is 0 Å². The number of benzene rings is 1. The van der Waals surface area contributed by atoms with Crippen LogP contribution < -0.4 is 0 Å². The van der Waals surface area contributed by atoms with Gasteiger partial charge in [-0.05, 0) is 41.1 Å². The van der Waals surface area contributed by atoms with Crippen molar-refractivity contribution in [3.63, 3.8) is 0 Å². The number of rotatable bonds is 1. The highest BCUT2D eigenvalue weighted by molar-refractivity contribution is 9.10. The number of hydrogen-bond acceptors (Lipinski definition) is 1. The van der Waals surface area contributed by atoms with E-state index in [2.05, 4.69) is 20.9 Å². The molecule has 0 spiro atoms. The van der Waals surface area contributed by atoms with Gasteiger partial charge in [-0.2, -0.15) is 0 Å². The van der Waals surface area contributed by atoms with Crippen molar-refractivity contribution >= 4 is 39.1 Å². The molecule has 0 N–H and O–H groups in total. The molecule has 0 unspecified atom stereocenters. The first-order valence-electron chi connectivity index (χ1n) is 4.65. The standard InChI is InChI=1S/C11H9BrCl2N2/c1-6-15-10(11(12)16(6)2)8-4-3-7(13)5-9(8)14/h3-5H,1-2H3. The van der Waals surface area contributed by atoms with E-state index in [1.165, 1.54) is 0 Å². The van der Waals surface area contributed by atoms with Crippen LogP contribution in [0.15, 0.2) is 22.8 Å². The minimum atomic E-state index is 0.603. The molecule has 0 saturated heterocycles. The van der Waals surface area contributed by atoms with Gasteiger partial charge >= 0.3 is 0 Å². The molecule has 0 saturated carbocycles. The van der Waals surface area contributed by atoms with E-state index in [1.54, 1.807) is 12.1 Å². The van der Waals surface area contributed by atoms with E-state index in [0.29, 0.717) is 10.0 Å². The first kappa shape index (κ1) is 12.0. The lowest BCUT2D eigenvalue weighted by Gasteiger charge is -2.02. The summed E-state index contributed by atoms with van der Waals surface area (Å²) >= 11 is 15.5. The predicted molar refractivity (Wildman–Crippen MR) is 71.1 cm³/mol. The van der Waals surface area contributed by atoms with Crippen LogP contribution in [-0.4, -0.2) is 9.55 Å². The third-order valence-corrected chi connectivity index (χ3v) is 3.89. The maximum Gasteiger partial charge on any atom is 0.112 e. The van der Waals surface area contributed by atoms with Crippen molar-refractivity contribution in [3.05, 3.63) is 38.7 Å². The molecule has 84 valence electrons. The van der Waals surface area contributed by atoms with Crippen molar-refractivity contribution < 1.29 is 0 Å². The summed E-state index contributed by atoms with van der Waals surface area (Å²) in [6, 6.07) is 5.39. The van der Waals surface area contributed by atoms with Crippen molar-refractivity contribution in [1.29, 1.82) is 0 Å². The molecule has 2 nitrogen and oxygen atoms in total. The number of imidazole rings is 1. The highest BCUT2D eigenvalue weighted by Gasteiger charge is 2.14. The number of aryl methyl sites for hydroxylation is 1. The van der Waals surface area contributed by atoms with Crippen LogP contribution in [0.3, 0.4) is 0 Å². The molecule has 1 aromatic heterocycles. The molecule has 0 radical (unpaired) electrons. The Balaban J connectivity index is 2.63. The first-order chi connectivity index (χ1) is 7.50. The summed E-state index contributed by atoms with van der Waals surface area (Å²) in [6.45, 7) is 1.94. The lowest BCUT2D eigenvalue weighted by molar-refractivity contribution is 0.840. The summed E-state index contributed by atoms with van der Waals surface area (Å²) < 4.78 is 2.87. The van der Waals surface area contributed by atoms with Crippen LogP contribution in [0.5, 0.6) is 0 Å². The Labute approximate surface area is 112 Å². The zero-order chi connectivity index (χ0) is 11.9. The molecule has 2 rings (SSSR count). The van der Waals surface area contributed by atoms with Crippen LogP contribution in [0.2, 0.25) is 10.0 Å². The van der Waals surface area contributed by atoms with Crippen molar-refractivity contribution in [1.82, 2.24) is 9.55 Å². The Kier molecular flexibility index (Phi) is 3.29. The van der Waals surface area contributed by atoms with Gasteiger partial charge in [0.05, 0.1) is 5.02 Å². The second-order valence-electron chi connectivity index (χ2n) is 3.48. The third kappa shape index (κ3) is 1.99. The lowest BCUT2D eigenvalue weighted by Crippen LogP contribution is -1.90. The SMILES string of the molecule is Cc1nc(-c2ccc(Cl)cc2Cl)c(Br)n1C. The first-order valence-corrected chi connectivity index (χ1v) is 6.20. The smallest absolute Gasteiger partial charge is 0.112 e. The second kappa shape index (κ2) is 4.40. The largest absolute Gasteiger partial charge is 0.326 e. The molecule has 0 aliphatic rings. The van der Waals surface area contributed by atoms with E-state index in [1.807, 2.05) is 24.6 Å².